The van der Waals surface area contributed by atoms with E-state index in [4.69, 9.17) is 4.74 Å². The summed E-state index contributed by atoms with van der Waals surface area (Å²) in [6.07, 6.45) is 1.68. The Morgan fingerprint density at radius 1 is 1.17 bits per heavy atom. The van der Waals surface area contributed by atoms with Crippen LogP contribution >= 0.6 is 11.8 Å². The van der Waals surface area contributed by atoms with Gasteiger partial charge in [-0.1, -0.05) is 6.58 Å². The van der Waals surface area contributed by atoms with Gasteiger partial charge in [-0.05, 0) is 44.5 Å². The third-order valence-corrected chi connectivity index (χ3v) is 9.87. The number of ether oxygens (including phenoxy) is 1. The Bertz CT molecular complexity index is 1690. The average molecular weight is 581 g/mol. The number of hydrogen-bond acceptors (Lipinski definition) is 7. The molecule has 3 aliphatic heterocycles. The van der Waals surface area contributed by atoms with E-state index < -0.39 is 17.3 Å². The van der Waals surface area contributed by atoms with Crippen LogP contribution in [0.1, 0.15) is 29.8 Å². The molecule has 3 aliphatic rings. The van der Waals surface area contributed by atoms with Crippen LogP contribution in [0.25, 0.3) is 22.0 Å². The van der Waals surface area contributed by atoms with Crippen molar-refractivity contribution >= 4 is 40.7 Å². The van der Waals surface area contributed by atoms with Gasteiger partial charge in [-0.3, -0.25) is 14.2 Å². The number of carbonyl (C=O) groups excluding carboxylic acids is 2. The molecule has 2 aromatic carbocycles. The lowest BCUT2D eigenvalue weighted by Crippen LogP contribution is -2.58. The highest BCUT2D eigenvalue weighted by molar-refractivity contribution is 7.99. The Morgan fingerprint density at radius 2 is 1.93 bits per heavy atom. The second-order valence-corrected chi connectivity index (χ2v) is 12.4. The number of rotatable bonds is 4. The largest absolute Gasteiger partial charge is 0.380 e. The quantitative estimate of drug-likeness (QED) is 0.338. The first-order chi connectivity index (χ1) is 19.6. The van der Waals surface area contributed by atoms with Crippen LogP contribution in [0, 0.1) is 24.0 Å². The molecule has 2 saturated heterocycles. The number of halogens is 2. The lowest BCUT2D eigenvalue weighted by Gasteiger charge is -2.44. The third kappa shape index (κ3) is 4.37. The number of thioether (sulfide) groups is 1. The van der Waals surface area contributed by atoms with E-state index in [0.29, 0.717) is 72.2 Å². The van der Waals surface area contributed by atoms with Gasteiger partial charge in [-0.2, -0.15) is 4.98 Å². The Morgan fingerprint density at radius 3 is 2.59 bits per heavy atom. The van der Waals surface area contributed by atoms with E-state index in [2.05, 4.69) is 16.5 Å². The molecule has 8 nitrogen and oxygen atoms in total. The van der Waals surface area contributed by atoms with E-state index in [1.54, 1.807) is 9.47 Å². The summed E-state index contributed by atoms with van der Waals surface area (Å²) in [5.74, 6) is -0.715. The van der Waals surface area contributed by atoms with Gasteiger partial charge in [-0.25, -0.2) is 13.6 Å². The number of anilines is 1. The predicted molar refractivity (Wildman–Crippen MR) is 154 cm³/mol. The van der Waals surface area contributed by atoms with Crippen molar-refractivity contribution in [2.24, 2.45) is 5.41 Å². The predicted octanol–water partition coefficient (Wildman–Crippen LogP) is 4.20. The highest BCUT2D eigenvalue weighted by Gasteiger charge is 2.43. The van der Waals surface area contributed by atoms with E-state index in [0.717, 1.165) is 11.5 Å². The summed E-state index contributed by atoms with van der Waals surface area (Å²) in [6, 6.07) is 3.57. The van der Waals surface area contributed by atoms with Gasteiger partial charge in [0.15, 0.2) is 6.29 Å². The van der Waals surface area contributed by atoms with Gasteiger partial charge < -0.3 is 14.5 Å². The van der Waals surface area contributed by atoms with E-state index in [1.807, 2.05) is 26.8 Å². The van der Waals surface area contributed by atoms with Gasteiger partial charge in [-0.15, -0.1) is 11.8 Å². The topological polar surface area (TPSA) is 84.7 Å². The number of nitrogens with zero attached hydrogens (tertiary/aromatic N) is 4. The molecule has 2 atom stereocenters. The number of benzene rings is 2. The molecule has 2 fully saturated rings. The molecule has 0 aliphatic carbocycles. The molecule has 214 valence electrons. The second kappa shape index (κ2) is 10.1. The highest BCUT2D eigenvalue weighted by atomic mass is 32.2. The molecular weight excluding hydrogens is 550 g/mol. The molecule has 3 aromatic rings. The number of hydrogen-bond donors (Lipinski definition) is 0. The second-order valence-electron chi connectivity index (χ2n) is 11.4. The summed E-state index contributed by atoms with van der Waals surface area (Å²) in [6.45, 7) is 11.7. The van der Waals surface area contributed by atoms with Crippen molar-refractivity contribution in [3.8, 4) is 11.1 Å². The molecule has 1 aromatic heterocycles. The molecule has 6 rings (SSSR count). The minimum Gasteiger partial charge on any atom is -0.380 e. The van der Waals surface area contributed by atoms with Crippen molar-refractivity contribution in [3.63, 3.8) is 0 Å². The number of aromatic nitrogens is 2. The van der Waals surface area contributed by atoms with Crippen molar-refractivity contribution in [1.82, 2.24) is 14.5 Å². The lowest BCUT2D eigenvalue weighted by molar-refractivity contribution is -0.128. The molecule has 41 heavy (non-hydrogen) atoms. The zero-order valence-corrected chi connectivity index (χ0v) is 23.9. The van der Waals surface area contributed by atoms with Crippen LogP contribution in [0.5, 0.6) is 0 Å². The van der Waals surface area contributed by atoms with Crippen LogP contribution in [0.4, 0.5) is 14.6 Å². The van der Waals surface area contributed by atoms with Gasteiger partial charge >= 0.3 is 5.69 Å². The fraction of sp³-hybridized carbons (Fsp3) is 0.400. The fourth-order valence-corrected chi connectivity index (χ4v) is 7.71. The summed E-state index contributed by atoms with van der Waals surface area (Å²) in [5, 5.41) is 0.742. The van der Waals surface area contributed by atoms with Crippen LogP contribution in [-0.4, -0.2) is 70.8 Å². The number of aryl methyl sites for hydroxylation is 1. The Hall–Kier alpha value is -3.57. The van der Waals surface area contributed by atoms with Gasteiger partial charge in [0.05, 0.1) is 24.3 Å². The van der Waals surface area contributed by atoms with E-state index in [1.165, 1.54) is 23.9 Å². The molecule has 0 bridgehead atoms. The van der Waals surface area contributed by atoms with Crippen LogP contribution in [-0.2, 0) is 16.1 Å². The SMILES string of the molecule is C=CC(=O)N1C[C@H](C)N(c2nc(=O)n3c4c(c(-c5cc(C=O)c(F)cc5F)c(C)cc24)SCC2(COC2)C3)C[C@H]1C. The standard InChI is InChI=1S/C30H30F2N4O4S/c1-5-24(38)34-9-18(4)35(10-17(34)3)28-21-6-16(2)25(20-7-19(11-37)22(31)8-23(20)32)27-26(21)36(29(39)33-28)12-30(15-41-27)13-40-14-30/h5-8,11,17-18H,1,9-10,12-15H2,2-4H3/t17-,18+/m1/s1. The summed E-state index contributed by atoms with van der Waals surface area (Å²) in [5.41, 5.74) is 1.03. The maximum absolute atomic E-state index is 15.4. The number of piperazine rings is 1. The minimum absolute atomic E-state index is 0.104. The maximum Gasteiger partial charge on any atom is 0.350 e. The summed E-state index contributed by atoms with van der Waals surface area (Å²) in [7, 11) is 0. The summed E-state index contributed by atoms with van der Waals surface area (Å²) >= 11 is 1.52. The van der Waals surface area contributed by atoms with Gasteiger partial charge in [0, 0.05) is 70.4 Å². The summed E-state index contributed by atoms with van der Waals surface area (Å²) in [4.78, 5) is 46.9. The zero-order chi connectivity index (χ0) is 29.2. The minimum atomic E-state index is -0.927. The van der Waals surface area contributed by atoms with Gasteiger partial charge in [0.1, 0.15) is 17.5 Å². The lowest BCUT2D eigenvalue weighted by atomic mass is 9.88. The molecular formula is C30H30F2N4O4S. The average Bonchev–Trinajstić information content (AvgIpc) is 3.11. The van der Waals surface area contributed by atoms with E-state index in [9.17, 15) is 18.8 Å². The molecule has 11 heteroatoms. The first-order valence-corrected chi connectivity index (χ1v) is 14.5. The Kier molecular flexibility index (Phi) is 6.77. The van der Waals surface area contributed by atoms with Crippen LogP contribution in [0.2, 0.25) is 0 Å². The third-order valence-electron chi connectivity index (χ3n) is 8.43. The molecule has 0 radical (unpaired) electrons. The van der Waals surface area contributed by atoms with Crippen LogP contribution in [0.15, 0.2) is 40.5 Å². The fourth-order valence-electron chi connectivity index (χ4n) is 6.23. The molecule has 0 saturated carbocycles. The normalized spacial score (nSPS) is 21.5. The monoisotopic (exact) mass is 580 g/mol. The Labute approximate surface area is 240 Å². The van der Waals surface area contributed by atoms with Crippen LogP contribution < -0.4 is 10.6 Å². The summed E-state index contributed by atoms with van der Waals surface area (Å²) < 4.78 is 36.9. The van der Waals surface area contributed by atoms with Crippen molar-refractivity contribution < 1.29 is 23.1 Å². The molecule has 1 spiro atoms. The number of carbonyl (C=O) groups is 2. The Balaban J connectivity index is 1.61. The zero-order valence-electron chi connectivity index (χ0n) is 23.1. The van der Waals surface area contributed by atoms with Crippen molar-refractivity contribution in [2.75, 3.05) is 37.0 Å². The van der Waals surface area contributed by atoms with Gasteiger partial charge in [0.25, 0.3) is 0 Å². The molecule has 1 amide bonds. The van der Waals surface area contributed by atoms with Crippen LogP contribution in [0.3, 0.4) is 0 Å². The first-order valence-electron chi connectivity index (χ1n) is 13.5. The number of aldehydes is 1. The van der Waals surface area contributed by atoms with E-state index >= 15 is 4.39 Å². The molecule has 0 unspecified atom stereocenters. The highest BCUT2D eigenvalue weighted by Crippen LogP contribution is 2.48. The van der Waals surface area contributed by atoms with Gasteiger partial charge in [0.2, 0.25) is 5.91 Å². The van der Waals surface area contributed by atoms with E-state index in [-0.39, 0.29) is 34.5 Å². The molecule has 4 heterocycles. The first kappa shape index (κ1) is 27.6. The smallest absolute Gasteiger partial charge is 0.350 e. The molecule has 0 N–H and O–H groups in total. The number of amides is 1. The van der Waals surface area contributed by atoms with Crippen molar-refractivity contribution in [3.05, 3.63) is 64.1 Å². The maximum atomic E-state index is 15.4. The van der Waals surface area contributed by atoms with Crippen molar-refractivity contribution in [2.45, 2.75) is 44.3 Å². The van der Waals surface area contributed by atoms with Crippen molar-refractivity contribution in [1.29, 1.82) is 0 Å².